The molecule has 0 atom stereocenters. The lowest BCUT2D eigenvalue weighted by atomic mass is 10.0. The zero-order valence-electron chi connectivity index (χ0n) is 17.9. The first kappa shape index (κ1) is 23.4. The molecule has 6 nitrogen and oxygen atoms in total. The van der Waals surface area contributed by atoms with Gasteiger partial charge in [0.05, 0.1) is 25.7 Å². The Morgan fingerprint density at radius 3 is 2.39 bits per heavy atom. The first-order valence-corrected chi connectivity index (χ1v) is 12.5. The molecule has 0 aliphatic rings. The minimum atomic E-state index is -0.147. The third-order valence-electron chi connectivity index (χ3n) is 4.40. The van der Waals surface area contributed by atoms with Crippen LogP contribution in [0, 0.1) is 0 Å². The van der Waals surface area contributed by atoms with Gasteiger partial charge in [0.25, 0.3) is 0 Å². The van der Waals surface area contributed by atoms with Crippen molar-refractivity contribution in [2.45, 2.75) is 34.2 Å². The van der Waals surface area contributed by atoms with E-state index in [1.54, 1.807) is 44.2 Å². The summed E-state index contributed by atoms with van der Waals surface area (Å²) in [6.07, 6.45) is 0. The Labute approximate surface area is 195 Å². The van der Waals surface area contributed by atoms with Gasteiger partial charge >= 0.3 is 0 Å². The lowest BCUT2D eigenvalue weighted by molar-refractivity contribution is -0.113. The number of thioether (sulfide) groups is 2. The number of hydrogen-bond acceptors (Lipinski definition) is 8. The van der Waals surface area contributed by atoms with E-state index in [0.717, 1.165) is 14.4 Å². The zero-order valence-corrected chi connectivity index (χ0v) is 20.3. The third-order valence-corrected chi connectivity index (χ3v) is 7.67. The van der Waals surface area contributed by atoms with Crippen LogP contribution in [0.2, 0.25) is 0 Å². The van der Waals surface area contributed by atoms with E-state index in [1.165, 1.54) is 34.2 Å². The van der Waals surface area contributed by atoms with E-state index in [0.29, 0.717) is 23.1 Å². The number of benzene rings is 2. The summed E-state index contributed by atoms with van der Waals surface area (Å²) in [6.45, 7) is 4.38. The first-order valence-electron chi connectivity index (χ1n) is 9.68. The van der Waals surface area contributed by atoms with Crippen LogP contribution in [-0.4, -0.2) is 36.1 Å². The van der Waals surface area contributed by atoms with Crippen LogP contribution >= 0.6 is 34.9 Å². The highest BCUT2D eigenvalue weighted by molar-refractivity contribution is 8.03. The smallest absolute Gasteiger partial charge is 0.234 e. The number of aromatic nitrogens is 2. The molecule has 0 fully saturated rings. The van der Waals surface area contributed by atoms with Crippen LogP contribution in [-0.2, 0) is 10.5 Å². The number of nitrogens with zero attached hydrogens (tertiary/aromatic N) is 2. The van der Waals surface area contributed by atoms with Crippen molar-refractivity contribution in [2.75, 3.05) is 25.3 Å². The SMILES string of the molecule is COc1ccc(OC)c(NC(=O)CSc2nnc(SCc3ccc(C(C)C)cc3)s2)c1. The molecule has 0 unspecified atom stereocenters. The predicted octanol–water partition coefficient (Wildman–Crippen LogP) is 5.70. The van der Waals surface area contributed by atoms with E-state index >= 15 is 0 Å². The van der Waals surface area contributed by atoms with E-state index in [4.69, 9.17) is 9.47 Å². The summed E-state index contributed by atoms with van der Waals surface area (Å²) >= 11 is 4.52. The van der Waals surface area contributed by atoms with Crippen molar-refractivity contribution in [1.29, 1.82) is 0 Å². The third kappa shape index (κ3) is 6.88. The Bertz CT molecular complexity index is 1010. The van der Waals surface area contributed by atoms with Gasteiger partial charge in [0.1, 0.15) is 11.5 Å². The highest BCUT2D eigenvalue weighted by Crippen LogP contribution is 2.32. The van der Waals surface area contributed by atoms with Crippen molar-refractivity contribution in [3.8, 4) is 11.5 Å². The minimum absolute atomic E-state index is 0.147. The van der Waals surface area contributed by atoms with Crippen LogP contribution < -0.4 is 14.8 Å². The molecule has 9 heteroatoms. The van der Waals surface area contributed by atoms with Crippen molar-refractivity contribution in [3.63, 3.8) is 0 Å². The highest BCUT2D eigenvalue weighted by atomic mass is 32.2. The molecule has 0 spiro atoms. The molecule has 1 aromatic heterocycles. The van der Waals surface area contributed by atoms with Crippen molar-refractivity contribution >= 4 is 46.5 Å². The van der Waals surface area contributed by atoms with Gasteiger partial charge in [0, 0.05) is 11.8 Å². The fourth-order valence-electron chi connectivity index (χ4n) is 2.68. The molecule has 31 heavy (non-hydrogen) atoms. The number of carbonyl (C=O) groups is 1. The molecule has 3 rings (SSSR count). The highest BCUT2D eigenvalue weighted by Gasteiger charge is 2.12. The van der Waals surface area contributed by atoms with Gasteiger partial charge in [-0.05, 0) is 29.2 Å². The van der Waals surface area contributed by atoms with Gasteiger partial charge in [-0.3, -0.25) is 4.79 Å². The molecule has 0 saturated carbocycles. The summed E-state index contributed by atoms with van der Waals surface area (Å²) in [7, 11) is 3.14. The van der Waals surface area contributed by atoms with Gasteiger partial charge in [-0.25, -0.2) is 0 Å². The molecule has 2 aromatic carbocycles. The summed E-state index contributed by atoms with van der Waals surface area (Å²) in [4.78, 5) is 12.4. The Kier molecular flexibility index (Phi) is 8.62. The van der Waals surface area contributed by atoms with Crippen LogP contribution in [0.4, 0.5) is 5.69 Å². The van der Waals surface area contributed by atoms with Crippen molar-refractivity contribution in [2.24, 2.45) is 0 Å². The van der Waals surface area contributed by atoms with Crippen LogP contribution in [0.3, 0.4) is 0 Å². The number of amides is 1. The second-order valence-electron chi connectivity index (χ2n) is 6.92. The normalized spacial score (nSPS) is 10.9. The number of rotatable bonds is 10. The van der Waals surface area contributed by atoms with Crippen LogP contribution in [0.1, 0.15) is 30.9 Å². The molecule has 164 valence electrons. The van der Waals surface area contributed by atoms with E-state index in [2.05, 4.69) is 53.6 Å². The molecule has 1 heterocycles. The summed E-state index contributed by atoms with van der Waals surface area (Å²) in [5, 5.41) is 11.3. The monoisotopic (exact) mass is 475 g/mol. The fourth-order valence-corrected chi connectivity index (χ4v) is 5.46. The second kappa shape index (κ2) is 11.4. The van der Waals surface area contributed by atoms with Gasteiger partial charge in [-0.2, -0.15) is 0 Å². The number of hydrogen-bond donors (Lipinski definition) is 1. The zero-order chi connectivity index (χ0) is 22.2. The summed E-state index contributed by atoms with van der Waals surface area (Å²) in [6, 6.07) is 13.9. The average Bonchev–Trinajstić information content (AvgIpc) is 3.24. The van der Waals surface area contributed by atoms with Crippen LogP contribution in [0.25, 0.3) is 0 Å². The maximum Gasteiger partial charge on any atom is 0.234 e. The molecule has 1 amide bonds. The molecular formula is C22H25N3O3S3. The Hall–Kier alpha value is -2.23. The van der Waals surface area contributed by atoms with Gasteiger partial charge in [0.2, 0.25) is 5.91 Å². The van der Waals surface area contributed by atoms with Gasteiger partial charge < -0.3 is 14.8 Å². The van der Waals surface area contributed by atoms with Crippen molar-refractivity contribution in [1.82, 2.24) is 10.2 Å². The van der Waals surface area contributed by atoms with Gasteiger partial charge in [-0.15, -0.1) is 10.2 Å². The predicted molar refractivity (Wildman–Crippen MR) is 129 cm³/mol. The molecule has 0 saturated heterocycles. The van der Waals surface area contributed by atoms with Crippen LogP contribution in [0.15, 0.2) is 51.1 Å². The fraction of sp³-hybridized carbons (Fsp3) is 0.318. The first-order chi connectivity index (χ1) is 15.0. The van der Waals surface area contributed by atoms with Crippen molar-refractivity contribution in [3.05, 3.63) is 53.6 Å². The number of nitrogens with one attached hydrogen (secondary N) is 1. The van der Waals surface area contributed by atoms with E-state index in [9.17, 15) is 4.79 Å². The molecular weight excluding hydrogens is 450 g/mol. The number of anilines is 1. The van der Waals surface area contributed by atoms with Crippen LogP contribution in [0.5, 0.6) is 11.5 Å². The van der Waals surface area contributed by atoms with Gasteiger partial charge in [0.15, 0.2) is 8.68 Å². The van der Waals surface area contributed by atoms with Crippen molar-refractivity contribution < 1.29 is 14.3 Å². The topological polar surface area (TPSA) is 73.3 Å². The lowest BCUT2D eigenvalue weighted by Gasteiger charge is -2.11. The molecule has 0 radical (unpaired) electrons. The summed E-state index contributed by atoms with van der Waals surface area (Å²) < 4.78 is 12.2. The van der Waals surface area contributed by atoms with Gasteiger partial charge in [-0.1, -0.05) is 73.0 Å². The van der Waals surface area contributed by atoms with E-state index in [-0.39, 0.29) is 11.7 Å². The number of ether oxygens (including phenoxy) is 2. The second-order valence-corrected chi connectivity index (χ2v) is 10.3. The lowest BCUT2D eigenvalue weighted by Crippen LogP contribution is -2.14. The Morgan fingerprint density at radius 2 is 1.74 bits per heavy atom. The number of carbonyl (C=O) groups excluding carboxylic acids is 1. The summed E-state index contributed by atoms with van der Waals surface area (Å²) in [5.74, 6) is 2.69. The molecule has 0 aliphatic heterocycles. The largest absolute Gasteiger partial charge is 0.497 e. The molecule has 1 N–H and O–H groups in total. The maximum absolute atomic E-state index is 12.4. The van der Waals surface area contributed by atoms with E-state index in [1.807, 2.05) is 0 Å². The minimum Gasteiger partial charge on any atom is -0.497 e. The quantitative estimate of drug-likeness (QED) is 0.377. The summed E-state index contributed by atoms with van der Waals surface area (Å²) in [5.41, 5.74) is 3.17. The Balaban J connectivity index is 1.49. The molecule has 3 aromatic rings. The Morgan fingerprint density at radius 1 is 1.03 bits per heavy atom. The number of methoxy groups -OCH3 is 2. The molecule has 0 bridgehead atoms. The standard InChI is InChI=1S/C22H25N3O3S3/c1-14(2)16-7-5-15(6-8-16)12-29-21-24-25-22(31-21)30-13-20(26)23-18-11-17(27-3)9-10-19(18)28-4/h5-11,14H,12-13H2,1-4H3,(H,23,26). The van der Waals surface area contributed by atoms with E-state index < -0.39 is 0 Å². The molecule has 0 aliphatic carbocycles. The average molecular weight is 476 g/mol. The maximum atomic E-state index is 12.4.